The lowest BCUT2D eigenvalue weighted by molar-refractivity contribution is -0.139. The Morgan fingerprint density at radius 1 is 1.03 bits per heavy atom. The van der Waals surface area contributed by atoms with Crippen molar-refractivity contribution in [2.45, 2.75) is 25.8 Å². The number of morpholine rings is 1. The third-order valence-corrected chi connectivity index (χ3v) is 5.54. The molecule has 0 aromatic heterocycles. The zero-order valence-electron chi connectivity index (χ0n) is 16.9. The van der Waals surface area contributed by atoms with Gasteiger partial charge in [0.25, 0.3) is 5.91 Å². The van der Waals surface area contributed by atoms with Gasteiger partial charge in [-0.05, 0) is 37.8 Å². The van der Waals surface area contributed by atoms with E-state index in [9.17, 15) is 14.4 Å². The summed E-state index contributed by atoms with van der Waals surface area (Å²) in [6, 6.07) is 8.26. The average Bonchev–Trinajstić information content (AvgIpc) is 2.78. The maximum Gasteiger partial charge on any atom is 0.317 e. The number of amides is 4. The monoisotopic (exact) mass is 402 g/mol. The van der Waals surface area contributed by atoms with Crippen molar-refractivity contribution in [3.63, 3.8) is 0 Å². The summed E-state index contributed by atoms with van der Waals surface area (Å²) in [5.74, 6) is -0.318. The number of urea groups is 1. The van der Waals surface area contributed by atoms with Gasteiger partial charge in [-0.15, -0.1) is 0 Å². The SMILES string of the molecule is CCNC(=O)N1CCC(C(NC(=O)c2ccccc2)C(=O)N2CCOCC2)CC1. The highest BCUT2D eigenvalue weighted by atomic mass is 16.5. The predicted octanol–water partition coefficient (Wildman–Crippen LogP) is 1.09. The van der Waals surface area contributed by atoms with Gasteiger partial charge in [0.05, 0.1) is 13.2 Å². The molecule has 0 aliphatic carbocycles. The molecule has 4 amide bonds. The van der Waals surface area contributed by atoms with Gasteiger partial charge in [0.15, 0.2) is 0 Å². The van der Waals surface area contributed by atoms with Crippen LogP contribution in [-0.2, 0) is 9.53 Å². The van der Waals surface area contributed by atoms with E-state index in [1.165, 1.54) is 0 Å². The van der Waals surface area contributed by atoms with Crippen LogP contribution < -0.4 is 10.6 Å². The quantitative estimate of drug-likeness (QED) is 0.771. The second-order valence-corrected chi connectivity index (χ2v) is 7.41. The molecular weight excluding hydrogens is 372 g/mol. The van der Waals surface area contributed by atoms with E-state index in [0.717, 1.165) is 0 Å². The van der Waals surface area contributed by atoms with Crippen LogP contribution in [0.2, 0.25) is 0 Å². The van der Waals surface area contributed by atoms with E-state index in [1.807, 2.05) is 13.0 Å². The summed E-state index contributed by atoms with van der Waals surface area (Å²) in [4.78, 5) is 41.6. The summed E-state index contributed by atoms with van der Waals surface area (Å²) in [5.41, 5.74) is 0.534. The first-order valence-electron chi connectivity index (χ1n) is 10.4. The lowest BCUT2D eigenvalue weighted by Crippen LogP contribution is -2.57. The molecule has 2 heterocycles. The Morgan fingerprint density at radius 2 is 1.69 bits per heavy atom. The van der Waals surface area contributed by atoms with Crippen molar-refractivity contribution in [2.75, 3.05) is 45.9 Å². The van der Waals surface area contributed by atoms with Gasteiger partial charge in [-0.1, -0.05) is 18.2 Å². The third kappa shape index (κ3) is 5.47. The molecular formula is C21H30N4O4. The van der Waals surface area contributed by atoms with Crippen LogP contribution in [-0.4, -0.2) is 79.6 Å². The molecule has 0 bridgehead atoms. The second kappa shape index (κ2) is 10.2. The highest BCUT2D eigenvalue weighted by Crippen LogP contribution is 2.23. The summed E-state index contributed by atoms with van der Waals surface area (Å²) in [5, 5.41) is 5.79. The number of rotatable bonds is 5. The molecule has 1 aromatic carbocycles. The Balaban J connectivity index is 1.70. The van der Waals surface area contributed by atoms with Crippen molar-refractivity contribution < 1.29 is 19.1 Å². The summed E-state index contributed by atoms with van der Waals surface area (Å²) in [6.45, 7) is 5.73. The van der Waals surface area contributed by atoms with Crippen molar-refractivity contribution in [1.82, 2.24) is 20.4 Å². The number of benzene rings is 1. The number of likely N-dealkylation sites (tertiary alicyclic amines) is 1. The number of hydrogen-bond donors (Lipinski definition) is 2. The van der Waals surface area contributed by atoms with Crippen LogP contribution in [0.5, 0.6) is 0 Å². The molecule has 2 aliphatic rings. The molecule has 1 aromatic rings. The van der Waals surface area contributed by atoms with Crippen LogP contribution in [0.15, 0.2) is 30.3 Å². The number of piperidine rings is 1. The normalized spacial score (nSPS) is 18.8. The van der Waals surface area contributed by atoms with Crippen LogP contribution >= 0.6 is 0 Å². The Kier molecular flexibility index (Phi) is 7.46. The smallest absolute Gasteiger partial charge is 0.317 e. The number of nitrogens with zero attached hydrogens (tertiary/aromatic N) is 2. The highest BCUT2D eigenvalue weighted by molar-refractivity contribution is 5.97. The number of ether oxygens (including phenoxy) is 1. The first kappa shape index (κ1) is 21.1. The molecule has 8 nitrogen and oxygen atoms in total. The van der Waals surface area contributed by atoms with E-state index in [-0.39, 0.29) is 23.8 Å². The van der Waals surface area contributed by atoms with Gasteiger partial charge in [0.1, 0.15) is 6.04 Å². The topological polar surface area (TPSA) is 91.0 Å². The molecule has 1 atom stereocenters. The fraction of sp³-hybridized carbons (Fsp3) is 0.571. The first-order valence-corrected chi connectivity index (χ1v) is 10.4. The van der Waals surface area contributed by atoms with Gasteiger partial charge in [-0.25, -0.2) is 4.79 Å². The van der Waals surface area contributed by atoms with E-state index in [1.54, 1.807) is 34.1 Å². The van der Waals surface area contributed by atoms with Gasteiger partial charge < -0.3 is 25.2 Å². The number of carbonyl (C=O) groups excluding carboxylic acids is 3. The Hall–Kier alpha value is -2.61. The predicted molar refractivity (Wildman–Crippen MR) is 108 cm³/mol. The van der Waals surface area contributed by atoms with E-state index in [0.29, 0.717) is 64.3 Å². The maximum absolute atomic E-state index is 13.2. The molecule has 8 heteroatoms. The Morgan fingerprint density at radius 3 is 2.31 bits per heavy atom. The summed E-state index contributed by atoms with van der Waals surface area (Å²) in [6.07, 6.45) is 1.35. The molecule has 0 radical (unpaired) electrons. The van der Waals surface area contributed by atoms with Crippen molar-refractivity contribution in [2.24, 2.45) is 5.92 Å². The first-order chi connectivity index (χ1) is 14.1. The zero-order chi connectivity index (χ0) is 20.6. The van der Waals surface area contributed by atoms with E-state index in [4.69, 9.17) is 4.74 Å². The Labute approximate surface area is 171 Å². The molecule has 29 heavy (non-hydrogen) atoms. The molecule has 1 unspecified atom stereocenters. The molecule has 2 N–H and O–H groups in total. The average molecular weight is 402 g/mol. The van der Waals surface area contributed by atoms with Crippen LogP contribution in [0.4, 0.5) is 4.79 Å². The Bertz CT molecular complexity index is 698. The maximum atomic E-state index is 13.2. The zero-order valence-corrected chi connectivity index (χ0v) is 16.9. The molecule has 2 aliphatic heterocycles. The van der Waals surface area contributed by atoms with Crippen molar-refractivity contribution in [3.05, 3.63) is 35.9 Å². The van der Waals surface area contributed by atoms with Gasteiger partial charge in [-0.2, -0.15) is 0 Å². The van der Waals surface area contributed by atoms with Gasteiger partial charge in [0, 0.05) is 38.3 Å². The molecule has 158 valence electrons. The molecule has 3 rings (SSSR count). The van der Waals surface area contributed by atoms with Crippen LogP contribution in [0.3, 0.4) is 0 Å². The van der Waals surface area contributed by atoms with Gasteiger partial charge in [0.2, 0.25) is 5.91 Å². The number of hydrogen-bond acceptors (Lipinski definition) is 4. The van der Waals surface area contributed by atoms with Crippen LogP contribution in [0, 0.1) is 5.92 Å². The fourth-order valence-electron chi connectivity index (χ4n) is 3.87. The van der Waals surface area contributed by atoms with Crippen molar-refractivity contribution >= 4 is 17.8 Å². The van der Waals surface area contributed by atoms with E-state index in [2.05, 4.69) is 10.6 Å². The minimum atomic E-state index is -0.600. The van der Waals surface area contributed by atoms with Gasteiger partial charge in [-0.3, -0.25) is 9.59 Å². The fourth-order valence-corrected chi connectivity index (χ4v) is 3.87. The summed E-state index contributed by atoms with van der Waals surface area (Å²) >= 11 is 0. The summed E-state index contributed by atoms with van der Waals surface area (Å²) in [7, 11) is 0. The van der Waals surface area contributed by atoms with Crippen LogP contribution in [0.25, 0.3) is 0 Å². The van der Waals surface area contributed by atoms with E-state index < -0.39 is 6.04 Å². The summed E-state index contributed by atoms with van der Waals surface area (Å²) < 4.78 is 5.36. The largest absolute Gasteiger partial charge is 0.378 e. The second-order valence-electron chi connectivity index (χ2n) is 7.41. The van der Waals surface area contributed by atoms with Crippen molar-refractivity contribution in [3.8, 4) is 0 Å². The number of carbonyl (C=O) groups is 3. The lowest BCUT2D eigenvalue weighted by atomic mass is 9.88. The van der Waals surface area contributed by atoms with Crippen LogP contribution in [0.1, 0.15) is 30.1 Å². The lowest BCUT2D eigenvalue weighted by Gasteiger charge is -2.38. The van der Waals surface area contributed by atoms with E-state index >= 15 is 0 Å². The number of nitrogens with one attached hydrogen (secondary N) is 2. The standard InChI is InChI=1S/C21H30N4O4/c1-2-22-21(28)25-10-8-16(9-11-25)18(20(27)24-12-14-29-15-13-24)23-19(26)17-6-4-3-5-7-17/h3-7,16,18H,2,8-15H2,1H3,(H,22,28)(H,23,26). The minimum Gasteiger partial charge on any atom is -0.378 e. The molecule has 2 saturated heterocycles. The molecule has 0 saturated carbocycles. The van der Waals surface area contributed by atoms with Gasteiger partial charge >= 0.3 is 6.03 Å². The molecule has 0 spiro atoms. The highest BCUT2D eigenvalue weighted by Gasteiger charge is 2.36. The molecule has 2 fully saturated rings. The minimum absolute atomic E-state index is 0.0105. The van der Waals surface area contributed by atoms with Crippen molar-refractivity contribution in [1.29, 1.82) is 0 Å². The third-order valence-electron chi connectivity index (χ3n) is 5.54.